The van der Waals surface area contributed by atoms with E-state index in [1.807, 2.05) is 32.4 Å². The normalized spacial score (nSPS) is 12.4. The molecule has 0 saturated carbocycles. The number of rotatable bonds is 5. The quantitative estimate of drug-likeness (QED) is 0.915. The van der Waals surface area contributed by atoms with Crippen molar-refractivity contribution in [2.24, 2.45) is 7.05 Å². The van der Waals surface area contributed by atoms with E-state index >= 15 is 0 Å². The van der Waals surface area contributed by atoms with Crippen molar-refractivity contribution >= 4 is 15.9 Å². The molecule has 102 valence electrons. The van der Waals surface area contributed by atoms with Gasteiger partial charge in [-0.3, -0.25) is 4.68 Å². The lowest BCUT2D eigenvalue weighted by molar-refractivity contribution is 0.400. The van der Waals surface area contributed by atoms with Gasteiger partial charge in [0.25, 0.3) is 0 Å². The van der Waals surface area contributed by atoms with E-state index in [-0.39, 0.29) is 6.04 Å². The maximum atomic E-state index is 5.44. The number of benzene rings is 1. The van der Waals surface area contributed by atoms with Gasteiger partial charge in [-0.05, 0) is 19.2 Å². The predicted molar refractivity (Wildman–Crippen MR) is 77.2 cm³/mol. The molecule has 5 nitrogen and oxygen atoms in total. The molecule has 19 heavy (non-hydrogen) atoms. The van der Waals surface area contributed by atoms with Gasteiger partial charge in [-0.1, -0.05) is 27.2 Å². The highest BCUT2D eigenvalue weighted by Crippen LogP contribution is 2.29. The highest BCUT2D eigenvalue weighted by Gasteiger charge is 2.16. The first-order chi connectivity index (χ1) is 9.13. The molecule has 0 spiro atoms. The Balaban J connectivity index is 2.26. The van der Waals surface area contributed by atoms with Gasteiger partial charge in [0.15, 0.2) is 0 Å². The molecular formula is C13H17BrN4O. The minimum Gasteiger partial charge on any atom is -0.496 e. The fourth-order valence-corrected chi connectivity index (χ4v) is 2.38. The summed E-state index contributed by atoms with van der Waals surface area (Å²) in [5.41, 5.74) is 2.06. The molecule has 0 amide bonds. The van der Waals surface area contributed by atoms with Gasteiger partial charge in [0.2, 0.25) is 0 Å². The number of nitrogens with one attached hydrogen (secondary N) is 1. The summed E-state index contributed by atoms with van der Waals surface area (Å²) in [5, 5.41) is 11.4. The average Bonchev–Trinajstić information content (AvgIpc) is 2.81. The van der Waals surface area contributed by atoms with Gasteiger partial charge < -0.3 is 10.1 Å². The highest BCUT2D eigenvalue weighted by atomic mass is 79.9. The summed E-state index contributed by atoms with van der Waals surface area (Å²) in [6.07, 6.45) is 2.69. The van der Waals surface area contributed by atoms with Crippen LogP contribution in [0.2, 0.25) is 0 Å². The molecule has 1 unspecified atom stereocenters. The summed E-state index contributed by atoms with van der Waals surface area (Å²) >= 11 is 3.45. The topological polar surface area (TPSA) is 52.0 Å². The van der Waals surface area contributed by atoms with Crippen molar-refractivity contribution in [2.75, 3.05) is 14.2 Å². The molecule has 0 bridgehead atoms. The Hall–Kier alpha value is -1.40. The minimum absolute atomic E-state index is 0.139. The van der Waals surface area contributed by atoms with E-state index in [9.17, 15) is 0 Å². The molecule has 0 fully saturated rings. The standard InChI is InChI=1S/C13H17BrN4O/c1-15-12(7-10-8-18(2)17-16-10)11-5-4-9(14)6-13(11)19-3/h4-6,8,12,15H,7H2,1-3H3. The molecule has 2 rings (SSSR count). The van der Waals surface area contributed by atoms with Crippen molar-refractivity contribution in [3.8, 4) is 5.75 Å². The second kappa shape index (κ2) is 6.16. The Bertz CT molecular complexity index is 555. The fourth-order valence-electron chi connectivity index (χ4n) is 2.04. The first-order valence-electron chi connectivity index (χ1n) is 6.00. The van der Waals surface area contributed by atoms with Crippen molar-refractivity contribution < 1.29 is 4.74 Å². The molecule has 0 aliphatic rings. The molecule has 0 saturated heterocycles. The van der Waals surface area contributed by atoms with Crippen LogP contribution in [0.15, 0.2) is 28.9 Å². The molecule has 1 aromatic carbocycles. The van der Waals surface area contributed by atoms with Crippen molar-refractivity contribution in [3.05, 3.63) is 40.1 Å². The maximum Gasteiger partial charge on any atom is 0.124 e. The van der Waals surface area contributed by atoms with Crippen LogP contribution in [0.4, 0.5) is 0 Å². The number of halogens is 1. The minimum atomic E-state index is 0.139. The third-order valence-electron chi connectivity index (χ3n) is 2.98. The monoisotopic (exact) mass is 324 g/mol. The van der Waals surface area contributed by atoms with Crippen LogP contribution in [0.5, 0.6) is 5.75 Å². The van der Waals surface area contributed by atoms with Crippen molar-refractivity contribution in [2.45, 2.75) is 12.5 Å². The lowest BCUT2D eigenvalue weighted by Gasteiger charge is -2.18. The molecule has 0 radical (unpaired) electrons. The first kappa shape index (κ1) is 14.0. The summed E-state index contributed by atoms with van der Waals surface area (Å²) < 4.78 is 8.15. The van der Waals surface area contributed by atoms with Crippen LogP contribution >= 0.6 is 15.9 Å². The predicted octanol–water partition coefficient (Wildman–Crippen LogP) is 2.09. The number of methoxy groups -OCH3 is 1. The molecule has 2 aromatic rings. The number of likely N-dealkylation sites (N-methyl/N-ethyl adjacent to an activating group) is 1. The third kappa shape index (κ3) is 3.33. The number of hydrogen-bond acceptors (Lipinski definition) is 4. The molecular weight excluding hydrogens is 308 g/mol. The van der Waals surface area contributed by atoms with Crippen LogP contribution in [-0.4, -0.2) is 29.2 Å². The molecule has 0 aliphatic heterocycles. The van der Waals surface area contributed by atoms with E-state index in [4.69, 9.17) is 4.74 Å². The zero-order valence-corrected chi connectivity index (χ0v) is 12.8. The number of aromatic nitrogens is 3. The van der Waals surface area contributed by atoms with E-state index < -0.39 is 0 Å². The number of nitrogens with zero attached hydrogens (tertiary/aromatic N) is 3. The van der Waals surface area contributed by atoms with Crippen molar-refractivity contribution in [1.29, 1.82) is 0 Å². The van der Waals surface area contributed by atoms with E-state index in [0.29, 0.717) is 0 Å². The van der Waals surface area contributed by atoms with Gasteiger partial charge in [-0.25, -0.2) is 0 Å². The molecule has 0 aliphatic carbocycles. The van der Waals surface area contributed by atoms with E-state index in [0.717, 1.165) is 27.9 Å². The number of aryl methyl sites for hydroxylation is 1. The molecule has 1 N–H and O–H groups in total. The maximum absolute atomic E-state index is 5.44. The van der Waals surface area contributed by atoms with Gasteiger partial charge in [0.1, 0.15) is 5.75 Å². The van der Waals surface area contributed by atoms with Crippen LogP contribution < -0.4 is 10.1 Å². The fraction of sp³-hybridized carbons (Fsp3) is 0.385. The number of hydrogen-bond donors (Lipinski definition) is 1. The summed E-state index contributed by atoms with van der Waals surface area (Å²) in [7, 11) is 5.48. The van der Waals surface area contributed by atoms with Crippen molar-refractivity contribution in [3.63, 3.8) is 0 Å². The van der Waals surface area contributed by atoms with E-state index in [1.165, 1.54) is 0 Å². The average molecular weight is 325 g/mol. The Morgan fingerprint density at radius 2 is 2.26 bits per heavy atom. The second-order valence-corrected chi connectivity index (χ2v) is 5.23. The van der Waals surface area contributed by atoms with Crippen LogP contribution in [0.3, 0.4) is 0 Å². The molecule has 1 atom stereocenters. The Kier molecular flexibility index (Phi) is 4.55. The van der Waals surface area contributed by atoms with Crippen LogP contribution in [-0.2, 0) is 13.5 Å². The van der Waals surface area contributed by atoms with Gasteiger partial charge in [0, 0.05) is 35.7 Å². The SMILES string of the molecule is CNC(Cc1cn(C)nn1)c1ccc(Br)cc1OC. The Morgan fingerprint density at radius 3 is 2.84 bits per heavy atom. The lowest BCUT2D eigenvalue weighted by Crippen LogP contribution is -2.19. The third-order valence-corrected chi connectivity index (χ3v) is 3.48. The Labute approximate surface area is 121 Å². The van der Waals surface area contributed by atoms with Gasteiger partial charge in [-0.15, -0.1) is 5.10 Å². The molecule has 1 aromatic heterocycles. The van der Waals surface area contributed by atoms with Crippen LogP contribution in [0.25, 0.3) is 0 Å². The summed E-state index contributed by atoms with van der Waals surface area (Å²) in [6, 6.07) is 6.18. The van der Waals surface area contributed by atoms with E-state index in [2.05, 4.69) is 37.6 Å². The molecule has 1 heterocycles. The summed E-state index contributed by atoms with van der Waals surface area (Å²) in [5.74, 6) is 0.859. The second-order valence-electron chi connectivity index (χ2n) is 4.32. The van der Waals surface area contributed by atoms with Crippen LogP contribution in [0, 0.1) is 0 Å². The lowest BCUT2D eigenvalue weighted by atomic mass is 10.0. The Morgan fingerprint density at radius 1 is 1.47 bits per heavy atom. The van der Waals surface area contributed by atoms with Gasteiger partial charge in [0.05, 0.1) is 12.8 Å². The largest absolute Gasteiger partial charge is 0.496 e. The van der Waals surface area contributed by atoms with Crippen LogP contribution in [0.1, 0.15) is 17.3 Å². The summed E-state index contributed by atoms with van der Waals surface area (Å²) in [6.45, 7) is 0. The zero-order chi connectivity index (χ0) is 13.8. The van der Waals surface area contributed by atoms with E-state index in [1.54, 1.807) is 11.8 Å². The highest BCUT2D eigenvalue weighted by molar-refractivity contribution is 9.10. The first-order valence-corrected chi connectivity index (χ1v) is 6.79. The zero-order valence-electron chi connectivity index (χ0n) is 11.2. The van der Waals surface area contributed by atoms with Gasteiger partial charge in [-0.2, -0.15) is 0 Å². The summed E-state index contributed by atoms with van der Waals surface area (Å²) in [4.78, 5) is 0. The number of ether oxygens (including phenoxy) is 1. The van der Waals surface area contributed by atoms with Crippen molar-refractivity contribution in [1.82, 2.24) is 20.3 Å². The van der Waals surface area contributed by atoms with Gasteiger partial charge >= 0.3 is 0 Å². The smallest absolute Gasteiger partial charge is 0.124 e. The molecule has 6 heteroatoms.